The monoisotopic (exact) mass is 393 g/mol. The van der Waals surface area contributed by atoms with Crippen LogP contribution < -0.4 is 20.7 Å². The zero-order valence-corrected chi connectivity index (χ0v) is 18.3. The van der Waals surface area contributed by atoms with Crippen molar-refractivity contribution in [2.45, 2.75) is 12.2 Å². The normalized spacial score (nSPS) is 11.5. The minimum Gasteiger partial charge on any atom is -0.0628 e. The Morgan fingerprint density at radius 1 is 0.500 bits per heavy atom. The molecule has 0 aliphatic rings. The van der Waals surface area contributed by atoms with Crippen LogP contribution in [0.3, 0.4) is 0 Å². The fourth-order valence-corrected chi connectivity index (χ4v) is 13.8. The maximum atomic E-state index is 2.55. The highest BCUT2D eigenvalue weighted by Gasteiger charge is 2.36. The molecule has 0 nitrogen and oxygen atoms in total. The molecule has 4 rings (SSSR count). The molecule has 1 radical (unpaired) electrons. The Morgan fingerprint density at radius 2 is 0.821 bits per heavy atom. The highest BCUT2D eigenvalue weighted by atomic mass is 28.4. The molecule has 2 heteroatoms. The van der Waals surface area contributed by atoms with Gasteiger partial charge in [-0.25, -0.2) is 0 Å². The molecule has 0 spiro atoms. The second-order valence-electron chi connectivity index (χ2n) is 7.45. The quantitative estimate of drug-likeness (QED) is 0.438. The lowest BCUT2D eigenvalue weighted by atomic mass is 10.4. The van der Waals surface area contributed by atoms with E-state index in [0.717, 1.165) is 0 Å². The van der Waals surface area contributed by atoms with E-state index in [1.165, 1.54) is 26.4 Å². The number of hydrogen-bond donors (Lipinski definition) is 0. The van der Waals surface area contributed by atoms with Crippen molar-refractivity contribution in [2.24, 2.45) is 0 Å². The third-order valence-electron chi connectivity index (χ3n) is 5.60. The molecule has 4 aromatic rings. The van der Waals surface area contributed by atoms with E-state index in [1.807, 2.05) is 0 Å². The van der Waals surface area contributed by atoms with Gasteiger partial charge < -0.3 is 0 Å². The number of benzene rings is 4. The zero-order chi connectivity index (χ0) is 19.2. The van der Waals surface area contributed by atoms with Crippen LogP contribution in [-0.2, 0) is 0 Å². The predicted octanol–water partition coefficient (Wildman–Crippen LogP) is 3.73. The Kier molecular flexibility index (Phi) is 5.70. The summed E-state index contributed by atoms with van der Waals surface area (Å²) in [6.07, 6.45) is 0. The van der Waals surface area contributed by atoms with E-state index < -0.39 is 16.9 Å². The molecule has 0 atom stereocenters. The SMILES string of the molecule is C[Si](C[Si](c1ccccc1)c1ccccc1)(c1ccccc1)c1ccccc1. The van der Waals surface area contributed by atoms with Crippen LogP contribution in [0.4, 0.5) is 0 Å². The van der Waals surface area contributed by atoms with Gasteiger partial charge in [-0.1, -0.05) is 149 Å². The standard InChI is InChI=1S/C26H25Si2/c1-28(25-18-10-4-11-19-25,26-20-12-5-13-21-26)22-27(23-14-6-2-7-15-23)24-16-8-3-9-17-24/h2-21H,22H2,1H3. The first-order valence-corrected chi connectivity index (χ1v) is 14.3. The van der Waals surface area contributed by atoms with Crippen molar-refractivity contribution in [1.29, 1.82) is 0 Å². The Bertz CT molecular complexity index is 905. The molecule has 0 aromatic heterocycles. The Hall–Kier alpha value is -2.69. The third-order valence-corrected chi connectivity index (χ3v) is 15.1. The van der Waals surface area contributed by atoms with Crippen molar-refractivity contribution >= 4 is 37.6 Å². The van der Waals surface area contributed by atoms with E-state index in [-0.39, 0.29) is 0 Å². The second kappa shape index (κ2) is 8.55. The molecule has 4 aromatic carbocycles. The van der Waals surface area contributed by atoms with Crippen LogP contribution in [0.5, 0.6) is 0 Å². The number of hydrogen-bond acceptors (Lipinski definition) is 0. The summed E-state index contributed by atoms with van der Waals surface area (Å²) in [7, 11) is -2.77. The van der Waals surface area contributed by atoms with Gasteiger partial charge in [0.25, 0.3) is 0 Å². The van der Waals surface area contributed by atoms with Gasteiger partial charge in [-0.3, -0.25) is 0 Å². The van der Waals surface area contributed by atoms with Crippen LogP contribution in [0.25, 0.3) is 0 Å². The van der Waals surface area contributed by atoms with E-state index in [9.17, 15) is 0 Å². The molecule has 0 aliphatic heterocycles. The van der Waals surface area contributed by atoms with Crippen LogP contribution in [0.2, 0.25) is 12.2 Å². The van der Waals surface area contributed by atoms with Crippen molar-refractivity contribution in [3.63, 3.8) is 0 Å². The van der Waals surface area contributed by atoms with Crippen molar-refractivity contribution in [2.75, 3.05) is 0 Å². The summed E-state index contributed by atoms with van der Waals surface area (Å²) in [6, 6.07) is 44.7. The lowest BCUT2D eigenvalue weighted by molar-refractivity contribution is 1.61. The Balaban J connectivity index is 1.84. The second-order valence-corrected chi connectivity index (χ2v) is 14.8. The molecule has 0 N–H and O–H groups in total. The smallest absolute Gasteiger partial charge is 0.0628 e. The van der Waals surface area contributed by atoms with E-state index in [1.54, 1.807) is 0 Å². The molecule has 137 valence electrons. The lowest BCUT2D eigenvalue weighted by Gasteiger charge is -2.32. The molecule has 0 unspecified atom stereocenters. The molecule has 0 amide bonds. The first kappa shape index (κ1) is 18.7. The topological polar surface area (TPSA) is 0 Å². The lowest BCUT2D eigenvalue weighted by Crippen LogP contribution is -2.61. The van der Waals surface area contributed by atoms with Gasteiger partial charge in [0.15, 0.2) is 0 Å². The highest BCUT2D eigenvalue weighted by Crippen LogP contribution is 2.14. The maximum Gasteiger partial charge on any atom is 0.119 e. The fourth-order valence-electron chi connectivity index (χ4n) is 3.99. The van der Waals surface area contributed by atoms with E-state index in [4.69, 9.17) is 0 Å². The van der Waals surface area contributed by atoms with Gasteiger partial charge in [-0.2, -0.15) is 0 Å². The van der Waals surface area contributed by atoms with Gasteiger partial charge in [0, 0.05) is 0 Å². The summed E-state index contributed by atoms with van der Waals surface area (Å²) in [4.78, 5) is 0. The zero-order valence-electron chi connectivity index (χ0n) is 16.3. The van der Waals surface area contributed by atoms with Crippen molar-refractivity contribution < 1.29 is 0 Å². The van der Waals surface area contributed by atoms with Gasteiger partial charge in [0.2, 0.25) is 0 Å². The molecule has 0 saturated carbocycles. The predicted molar refractivity (Wildman–Crippen MR) is 126 cm³/mol. The van der Waals surface area contributed by atoms with Gasteiger partial charge >= 0.3 is 0 Å². The molecule has 0 fully saturated rings. The van der Waals surface area contributed by atoms with Gasteiger partial charge in [0.1, 0.15) is 16.9 Å². The van der Waals surface area contributed by atoms with Crippen LogP contribution in [0, 0.1) is 0 Å². The molecular formula is C26H25Si2. The molecular weight excluding hydrogens is 368 g/mol. The number of rotatable bonds is 6. The third kappa shape index (κ3) is 3.93. The molecule has 0 aliphatic carbocycles. The van der Waals surface area contributed by atoms with Crippen molar-refractivity contribution in [3.05, 3.63) is 121 Å². The van der Waals surface area contributed by atoms with Crippen LogP contribution in [0.15, 0.2) is 121 Å². The first-order chi connectivity index (χ1) is 13.8. The first-order valence-electron chi connectivity index (χ1n) is 9.85. The van der Waals surface area contributed by atoms with Crippen molar-refractivity contribution in [1.82, 2.24) is 0 Å². The summed E-state index contributed by atoms with van der Waals surface area (Å²) in [5.41, 5.74) is 1.25. The van der Waals surface area contributed by atoms with Gasteiger partial charge in [-0.05, 0) is 5.67 Å². The Labute approximate surface area is 171 Å². The fraction of sp³-hybridized carbons (Fsp3) is 0.0769. The molecule has 0 bridgehead atoms. The van der Waals surface area contributed by atoms with E-state index in [2.05, 4.69) is 128 Å². The maximum absolute atomic E-state index is 2.55. The minimum atomic E-state index is -1.89. The van der Waals surface area contributed by atoms with Crippen molar-refractivity contribution in [3.8, 4) is 0 Å². The van der Waals surface area contributed by atoms with Crippen LogP contribution >= 0.6 is 0 Å². The molecule has 0 heterocycles. The van der Waals surface area contributed by atoms with E-state index in [0.29, 0.717) is 0 Å². The minimum absolute atomic E-state index is 0.889. The average molecular weight is 394 g/mol. The summed E-state index contributed by atoms with van der Waals surface area (Å²) in [6.45, 7) is 2.55. The molecule has 0 saturated heterocycles. The molecule has 28 heavy (non-hydrogen) atoms. The summed E-state index contributed by atoms with van der Waals surface area (Å²) >= 11 is 0. The Morgan fingerprint density at radius 3 is 1.18 bits per heavy atom. The highest BCUT2D eigenvalue weighted by molar-refractivity contribution is 7.10. The average Bonchev–Trinajstić information content (AvgIpc) is 2.80. The summed E-state index contributed by atoms with van der Waals surface area (Å²) in [5.74, 6) is 0. The van der Waals surface area contributed by atoms with Gasteiger partial charge in [0.05, 0.1) is 0 Å². The summed E-state index contributed by atoms with van der Waals surface area (Å²) in [5, 5.41) is 6.06. The van der Waals surface area contributed by atoms with Crippen LogP contribution in [0.1, 0.15) is 0 Å². The summed E-state index contributed by atoms with van der Waals surface area (Å²) < 4.78 is 0. The van der Waals surface area contributed by atoms with Crippen LogP contribution in [-0.4, -0.2) is 16.9 Å². The van der Waals surface area contributed by atoms with E-state index >= 15 is 0 Å². The van der Waals surface area contributed by atoms with Gasteiger partial charge in [-0.15, -0.1) is 0 Å². The largest absolute Gasteiger partial charge is 0.119 e.